The van der Waals surface area contributed by atoms with E-state index in [2.05, 4.69) is 10.6 Å². The number of hydrogen-bond acceptors (Lipinski definition) is 7. The normalized spacial score (nSPS) is 24.9. The smallest absolute Gasteiger partial charge is 0.268 e. The third kappa shape index (κ3) is 4.63. The number of aliphatic hydroxyl groups excluding tert-OH is 1. The summed E-state index contributed by atoms with van der Waals surface area (Å²) in [5, 5.41) is 14.9. The van der Waals surface area contributed by atoms with E-state index in [4.69, 9.17) is 18.9 Å². The monoisotopic (exact) mass is 518 g/mol. The highest BCUT2D eigenvalue weighted by Crippen LogP contribution is 2.62. The number of ether oxygens (including phenoxy) is 4. The van der Waals surface area contributed by atoms with Crippen LogP contribution in [0.1, 0.15) is 43.4 Å². The molecule has 3 aliphatic rings. The molecule has 2 aromatic rings. The maximum absolute atomic E-state index is 14.9. The maximum Gasteiger partial charge on any atom is 0.268 e. The first-order chi connectivity index (χ1) is 17.5. The molecular formula is C26H28F2N2O7. The molecule has 198 valence electrons. The molecule has 2 unspecified atom stereocenters. The van der Waals surface area contributed by atoms with E-state index in [1.54, 1.807) is 38.1 Å². The number of aliphatic hydroxyl groups is 1. The maximum atomic E-state index is 14.9. The quantitative estimate of drug-likeness (QED) is 0.516. The highest BCUT2D eigenvalue weighted by Gasteiger charge is 2.72. The Balaban J connectivity index is 1.37. The van der Waals surface area contributed by atoms with Gasteiger partial charge in [0.05, 0.1) is 31.2 Å². The van der Waals surface area contributed by atoms with E-state index >= 15 is 0 Å². The molecule has 0 spiro atoms. The van der Waals surface area contributed by atoms with Gasteiger partial charge in [0.25, 0.3) is 11.8 Å². The summed E-state index contributed by atoms with van der Waals surface area (Å²) in [4.78, 5) is 26.1. The molecule has 1 saturated carbocycles. The Labute approximate surface area is 212 Å². The molecule has 0 saturated heterocycles. The van der Waals surface area contributed by atoms with Gasteiger partial charge in [-0.05, 0) is 43.7 Å². The van der Waals surface area contributed by atoms with Gasteiger partial charge in [0.1, 0.15) is 17.4 Å². The van der Waals surface area contributed by atoms with Gasteiger partial charge in [0.2, 0.25) is 12.7 Å². The largest absolute Gasteiger partial charge is 0.497 e. The lowest BCUT2D eigenvalue weighted by molar-refractivity contribution is -0.132. The molecule has 4 atom stereocenters. The Bertz CT molecular complexity index is 1240. The van der Waals surface area contributed by atoms with Crippen LogP contribution in [0.5, 0.6) is 23.0 Å². The summed E-state index contributed by atoms with van der Waals surface area (Å²) in [6, 6.07) is 8.70. The average molecular weight is 519 g/mol. The van der Waals surface area contributed by atoms with E-state index in [0.29, 0.717) is 28.6 Å². The molecule has 5 rings (SSSR count). The third-order valence-corrected chi connectivity index (χ3v) is 6.87. The first-order valence-electron chi connectivity index (χ1n) is 11.9. The van der Waals surface area contributed by atoms with Crippen molar-refractivity contribution in [2.24, 2.45) is 5.92 Å². The summed E-state index contributed by atoms with van der Waals surface area (Å²) in [7, 11) is 1.48. The average Bonchev–Trinajstić information content (AvgIpc) is 3.19. The molecule has 2 heterocycles. The predicted octanol–water partition coefficient (Wildman–Crippen LogP) is 2.67. The second-order valence-corrected chi connectivity index (χ2v) is 10.1. The number of amides is 2. The van der Waals surface area contributed by atoms with E-state index < -0.39 is 47.3 Å². The fourth-order valence-electron chi connectivity index (χ4n) is 4.76. The summed E-state index contributed by atoms with van der Waals surface area (Å²) in [6.07, 6.45) is -1.01. The Morgan fingerprint density at radius 3 is 2.59 bits per heavy atom. The van der Waals surface area contributed by atoms with Crippen LogP contribution in [0.3, 0.4) is 0 Å². The van der Waals surface area contributed by atoms with E-state index in [1.807, 2.05) is 0 Å². The SMILES string of the molecule is COc1ccc2c(c1)O[C@@H](C(=O)NC(C)(C)CO)C[C@H]2NC(=O)C1C(c2ccc3c(c2)OCO3)C1(F)F. The number of fused-ring (bicyclic) bond motifs is 2. The lowest BCUT2D eigenvalue weighted by Crippen LogP contribution is -2.53. The Morgan fingerprint density at radius 2 is 1.86 bits per heavy atom. The molecule has 2 aromatic carbocycles. The first-order valence-corrected chi connectivity index (χ1v) is 11.9. The van der Waals surface area contributed by atoms with Gasteiger partial charge in [-0.1, -0.05) is 6.07 Å². The molecule has 0 bridgehead atoms. The van der Waals surface area contributed by atoms with Gasteiger partial charge in [-0.15, -0.1) is 0 Å². The number of benzene rings is 2. The van der Waals surface area contributed by atoms with E-state index in [0.717, 1.165) is 0 Å². The van der Waals surface area contributed by atoms with Crippen molar-refractivity contribution in [2.75, 3.05) is 20.5 Å². The summed E-state index contributed by atoms with van der Waals surface area (Å²) < 4.78 is 51.4. The molecule has 1 fully saturated rings. The van der Waals surface area contributed by atoms with Crippen LogP contribution in [0.25, 0.3) is 0 Å². The zero-order valence-electron chi connectivity index (χ0n) is 20.5. The molecule has 0 radical (unpaired) electrons. The fraction of sp³-hybridized carbons (Fsp3) is 0.462. The number of hydrogen-bond donors (Lipinski definition) is 3. The Morgan fingerprint density at radius 1 is 1.11 bits per heavy atom. The van der Waals surface area contributed by atoms with Crippen LogP contribution in [0.2, 0.25) is 0 Å². The highest BCUT2D eigenvalue weighted by atomic mass is 19.3. The van der Waals surface area contributed by atoms with Gasteiger partial charge in [-0.2, -0.15) is 0 Å². The zero-order chi connectivity index (χ0) is 26.5. The molecule has 2 amide bonds. The minimum atomic E-state index is -3.24. The summed E-state index contributed by atoms with van der Waals surface area (Å²) in [5.41, 5.74) is -0.0694. The molecule has 2 aliphatic heterocycles. The van der Waals surface area contributed by atoms with E-state index in [1.165, 1.54) is 19.2 Å². The second kappa shape index (κ2) is 9.05. The molecule has 0 aromatic heterocycles. The predicted molar refractivity (Wildman–Crippen MR) is 126 cm³/mol. The van der Waals surface area contributed by atoms with Crippen molar-refractivity contribution >= 4 is 11.8 Å². The number of methoxy groups -OCH3 is 1. The zero-order valence-corrected chi connectivity index (χ0v) is 20.5. The fourth-order valence-corrected chi connectivity index (χ4v) is 4.76. The van der Waals surface area contributed by atoms with Crippen LogP contribution in [0.4, 0.5) is 8.78 Å². The highest BCUT2D eigenvalue weighted by molar-refractivity contribution is 5.86. The van der Waals surface area contributed by atoms with Crippen LogP contribution in [-0.2, 0) is 9.59 Å². The number of rotatable bonds is 7. The van der Waals surface area contributed by atoms with Crippen LogP contribution < -0.4 is 29.6 Å². The van der Waals surface area contributed by atoms with Crippen LogP contribution in [-0.4, -0.2) is 55.0 Å². The Kier molecular flexibility index (Phi) is 6.13. The summed E-state index contributed by atoms with van der Waals surface area (Å²) >= 11 is 0. The van der Waals surface area contributed by atoms with Crippen LogP contribution in [0, 0.1) is 5.92 Å². The van der Waals surface area contributed by atoms with E-state index in [-0.39, 0.29) is 25.4 Å². The van der Waals surface area contributed by atoms with Crippen molar-refractivity contribution in [3.63, 3.8) is 0 Å². The van der Waals surface area contributed by atoms with Crippen molar-refractivity contribution in [3.05, 3.63) is 47.5 Å². The molecule has 11 heteroatoms. The standard InChI is InChI=1S/C26H28F2N2O7/c1-25(2,11-31)30-23(32)20-10-16(15-6-5-14(34-3)9-18(15)37-20)29-24(33)22-21(26(22,27)28)13-4-7-17-19(8-13)36-12-35-17/h4-9,16,20-22,31H,10-12H2,1-3H3,(H,29,33)(H,30,32)/t16-,20-,21?,22?/m1/s1. The van der Waals surface area contributed by atoms with E-state index in [9.17, 15) is 23.5 Å². The molecule has 3 N–H and O–H groups in total. The minimum Gasteiger partial charge on any atom is -0.497 e. The Hall–Kier alpha value is -3.60. The third-order valence-electron chi connectivity index (χ3n) is 6.87. The van der Waals surface area contributed by atoms with Gasteiger partial charge in [-0.3, -0.25) is 9.59 Å². The van der Waals surface area contributed by atoms with Gasteiger partial charge in [0.15, 0.2) is 17.6 Å². The van der Waals surface area contributed by atoms with Gasteiger partial charge < -0.3 is 34.7 Å². The first kappa shape index (κ1) is 25.1. The molecule has 1 aliphatic carbocycles. The van der Waals surface area contributed by atoms with Crippen molar-refractivity contribution in [3.8, 4) is 23.0 Å². The molecular weight excluding hydrogens is 490 g/mol. The number of alkyl halides is 2. The minimum absolute atomic E-state index is 0.0158. The van der Waals surface area contributed by atoms with Gasteiger partial charge in [-0.25, -0.2) is 8.78 Å². The van der Waals surface area contributed by atoms with Crippen molar-refractivity contribution < 1.29 is 42.4 Å². The van der Waals surface area contributed by atoms with Gasteiger partial charge in [0, 0.05) is 18.1 Å². The summed E-state index contributed by atoms with van der Waals surface area (Å²) in [5.74, 6) is -5.83. The molecule has 9 nitrogen and oxygen atoms in total. The van der Waals surface area contributed by atoms with Crippen LogP contribution in [0.15, 0.2) is 36.4 Å². The molecule has 37 heavy (non-hydrogen) atoms. The topological polar surface area (TPSA) is 115 Å². The van der Waals surface area contributed by atoms with Gasteiger partial charge >= 0.3 is 0 Å². The lowest BCUT2D eigenvalue weighted by Gasteiger charge is -2.34. The number of carbonyl (C=O) groups excluding carboxylic acids is 2. The van der Waals surface area contributed by atoms with Crippen molar-refractivity contribution in [2.45, 2.75) is 49.8 Å². The number of carbonyl (C=O) groups is 2. The lowest BCUT2D eigenvalue weighted by atomic mass is 9.94. The van der Waals surface area contributed by atoms with Crippen molar-refractivity contribution in [1.29, 1.82) is 0 Å². The second-order valence-electron chi connectivity index (χ2n) is 10.1. The number of nitrogens with one attached hydrogen (secondary N) is 2. The van der Waals surface area contributed by atoms with Crippen LogP contribution >= 0.6 is 0 Å². The number of halogens is 2. The summed E-state index contributed by atoms with van der Waals surface area (Å²) in [6.45, 7) is 3.01. The van der Waals surface area contributed by atoms with Crippen molar-refractivity contribution in [1.82, 2.24) is 10.6 Å².